The first kappa shape index (κ1) is 16.5. The summed E-state index contributed by atoms with van der Waals surface area (Å²) in [5, 5.41) is 3.47. The largest absolute Gasteiger partial charge is 0.322 e. The van der Waals surface area contributed by atoms with Gasteiger partial charge in [0.1, 0.15) is 5.82 Å². The normalized spacial score (nSPS) is 13.4. The molecule has 5 nitrogen and oxygen atoms in total. The van der Waals surface area contributed by atoms with E-state index in [1.165, 1.54) is 5.56 Å². The third kappa shape index (κ3) is 3.01. The molecule has 26 heavy (non-hydrogen) atoms. The van der Waals surface area contributed by atoms with E-state index >= 15 is 0 Å². The van der Waals surface area contributed by atoms with Gasteiger partial charge >= 0.3 is 0 Å². The maximum Gasteiger partial charge on any atom is 0.261 e. The number of amides is 1. The molecule has 4 rings (SSSR count). The minimum absolute atomic E-state index is 0.00758. The predicted molar refractivity (Wildman–Crippen MR) is 103 cm³/mol. The standard InChI is InChI=1S/C21H21N3O2/c1-2-14-6-9-16(10-7-14)22-20(25)15-8-11-17-18(13-15)23-19-5-3-4-12-24(19)21(17)26/h6-11,13H,2-5,12H2,1H3,(H,22,25). The minimum Gasteiger partial charge on any atom is -0.322 e. The second-order valence-electron chi connectivity index (χ2n) is 6.68. The average molecular weight is 347 g/mol. The molecule has 2 heterocycles. The van der Waals surface area contributed by atoms with Crippen molar-refractivity contribution in [1.29, 1.82) is 0 Å². The second kappa shape index (κ2) is 6.75. The number of nitrogens with zero attached hydrogens (tertiary/aromatic N) is 2. The first-order chi connectivity index (χ1) is 12.7. The fourth-order valence-electron chi connectivity index (χ4n) is 3.41. The second-order valence-corrected chi connectivity index (χ2v) is 6.68. The van der Waals surface area contributed by atoms with Crippen LogP contribution in [0.2, 0.25) is 0 Å². The molecule has 2 aromatic carbocycles. The number of carbonyl (C=O) groups excluding carboxylic acids is 1. The molecule has 0 aliphatic carbocycles. The molecule has 1 amide bonds. The van der Waals surface area contributed by atoms with Crippen LogP contribution in [-0.4, -0.2) is 15.5 Å². The van der Waals surface area contributed by atoms with Crippen molar-refractivity contribution in [2.45, 2.75) is 39.2 Å². The average Bonchev–Trinajstić information content (AvgIpc) is 2.68. The number of rotatable bonds is 3. The molecule has 1 aromatic heterocycles. The van der Waals surface area contributed by atoms with Gasteiger partial charge in [-0.1, -0.05) is 19.1 Å². The zero-order chi connectivity index (χ0) is 18.1. The number of nitrogens with one attached hydrogen (secondary N) is 1. The quantitative estimate of drug-likeness (QED) is 0.788. The topological polar surface area (TPSA) is 64.0 Å². The van der Waals surface area contributed by atoms with Crippen LogP contribution in [0.3, 0.4) is 0 Å². The van der Waals surface area contributed by atoms with Crippen molar-refractivity contribution in [1.82, 2.24) is 9.55 Å². The van der Waals surface area contributed by atoms with Crippen LogP contribution in [0, 0.1) is 0 Å². The summed E-state index contributed by atoms with van der Waals surface area (Å²) in [6.45, 7) is 2.82. The number of aromatic nitrogens is 2. The Kier molecular flexibility index (Phi) is 4.29. The lowest BCUT2D eigenvalue weighted by Crippen LogP contribution is -2.28. The summed E-state index contributed by atoms with van der Waals surface area (Å²) in [7, 11) is 0. The maximum atomic E-state index is 12.6. The summed E-state index contributed by atoms with van der Waals surface area (Å²) >= 11 is 0. The summed E-state index contributed by atoms with van der Waals surface area (Å²) in [5.74, 6) is 0.622. The zero-order valence-corrected chi connectivity index (χ0v) is 14.8. The molecule has 5 heteroatoms. The summed E-state index contributed by atoms with van der Waals surface area (Å²) in [5.41, 5.74) is 3.07. The molecule has 0 unspecified atom stereocenters. The van der Waals surface area contributed by atoms with Crippen LogP contribution in [0.1, 0.15) is 41.5 Å². The van der Waals surface area contributed by atoms with Gasteiger partial charge in [0.15, 0.2) is 0 Å². The Bertz CT molecular complexity index is 1040. The van der Waals surface area contributed by atoms with Crippen molar-refractivity contribution in [2.75, 3.05) is 5.32 Å². The number of hydrogen-bond donors (Lipinski definition) is 1. The van der Waals surface area contributed by atoms with E-state index in [0.29, 0.717) is 16.5 Å². The molecule has 1 aliphatic heterocycles. The molecule has 132 valence electrons. The SMILES string of the molecule is CCc1ccc(NC(=O)c2ccc3c(=O)n4c(nc3c2)CCCC4)cc1. The molecule has 0 fully saturated rings. The van der Waals surface area contributed by atoms with Gasteiger partial charge in [0.05, 0.1) is 10.9 Å². The lowest BCUT2D eigenvalue weighted by molar-refractivity contribution is 0.102. The number of anilines is 1. The molecular formula is C21H21N3O2. The van der Waals surface area contributed by atoms with Gasteiger partial charge in [0.25, 0.3) is 11.5 Å². The first-order valence-electron chi connectivity index (χ1n) is 9.09. The van der Waals surface area contributed by atoms with Gasteiger partial charge in [-0.05, 0) is 55.2 Å². The number of carbonyl (C=O) groups is 1. The smallest absolute Gasteiger partial charge is 0.261 e. The molecule has 0 spiro atoms. The minimum atomic E-state index is -0.198. The van der Waals surface area contributed by atoms with Crippen molar-refractivity contribution < 1.29 is 4.79 Å². The molecule has 0 radical (unpaired) electrons. The van der Waals surface area contributed by atoms with E-state index in [-0.39, 0.29) is 11.5 Å². The van der Waals surface area contributed by atoms with E-state index in [0.717, 1.165) is 43.7 Å². The lowest BCUT2D eigenvalue weighted by Gasteiger charge is -2.17. The summed E-state index contributed by atoms with van der Waals surface area (Å²) in [4.78, 5) is 29.8. The molecule has 1 N–H and O–H groups in total. The van der Waals surface area contributed by atoms with E-state index in [9.17, 15) is 9.59 Å². The Balaban J connectivity index is 1.65. The van der Waals surface area contributed by atoms with Crippen molar-refractivity contribution in [2.24, 2.45) is 0 Å². The Morgan fingerprint density at radius 1 is 1.15 bits per heavy atom. The number of benzene rings is 2. The predicted octanol–water partition coefficient (Wildman–Crippen LogP) is 3.55. The molecular weight excluding hydrogens is 326 g/mol. The third-order valence-electron chi connectivity index (χ3n) is 4.95. The van der Waals surface area contributed by atoms with Gasteiger partial charge in [0.2, 0.25) is 0 Å². The monoisotopic (exact) mass is 347 g/mol. The molecule has 3 aromatic rings. The van der Waals surface area contributed by atoms with Crippen LogP contribution in [0.15, 0.2) is 47.3 Å². The van der Waals surface area contributed by atoms with Crippen molar-refractivity contribution in [3.8, 4) is 0 Å². The zero-order valence-electron chi connectivity index (χ0n) is 14.8. The van der Waals surface area contributed by atoms with Crippen LogP contribution < -0.4 is 10.9 Å². The van der Waals surface area contributed by atoms with Gasteiger partial charge in [-0.3, -0.25) is 14.2 Å². The number of aryl methyl sites for hydroxylation is 2. The van der Waals surface area contributed by atoms with Gasteiger partial charge in [-0.25, -0.2) is 4.98 Å². The third-order valence-corrected chi connectivity index (χ3v) is 4.95. The van der Waals surface area contributed by atoms with E-state index in [4.69, 9.17) is 0 Å². The molecule has 0 bridgehead atoms. The van der Waals surface area contributed by atoms with Crippen molar-refractivity contribution >= 4 is 22.5 Å². The summed E-state index contributed by atoms with van der Waals surface area (Å²) in [6.07, 6.45) is 3.83. The molecule has 0 atom stereocenters. The van der Waals surface area contributed by atoms with Gasteiger partial charge < -0.3 is 5.32 Å². The Morgan fingerprint density at radius 2 is 1.96 bits per heavy atom. The number of hydrogen-bond acceptors (Lipinski definition) is 3. The van der Waals surface area contributed by atoms with Gasteiger partial charge in [-0.15, -0.1) is 0 Å². The van der Waals surface area contributed by atoms with Gasteiger partial charge in [0, 0.05) is 24.2 Å². The van der Waals surface area contributed by atoms with Crippen molar-refractivity contribution in [3.05, 3.63) is 69.8 Å². The maximum absolute atomic E-state index is 12.6. The fraction of sp³-hybridized carbons (Fsp3) is 0.286. The number of fused-ring (bicyclic) bond motifs is 2. The van der Waals surface area contributed by atoms with E-state index < -0.39 is 0 Å². The Morgan fingerprint density at radius 3 is 2.73 bits per heavy atom. The Hall–Kier alpha value is -2.95. The lowest BCUT2D eigenvalue weighted by atomic mass is 10.1. The van der Waals surface area contributed by atoms with Crippen LogP contribution in [-0.2, 0) is 19.4 Å². The summed E-state index contributed by atoms with van der Waals surface area (Å²) < 4.78 is 1.76. The highest BCUT2D eigenvalue weighted by Crippen LogP contribution is 2.17. The van der Waals surface area contributed by atoms with Crippen LogP contribution in [0.4, 0.5) is 5.69 Å². The molecule has 0 saturated carbocycles. The van der Waals surface area contributed by atoms with Crippen LogP contribution >= 0.6 is 0 Å². The van der Waals surface area contributed by atoms with Crippen LogP contribution in [0.5, 0.6) is 0 Å². The fourth-order valence-corrected chi connectivity index (χ4v) is 3.41. The summed E-state index contributed by atoms with van der Waals surface area (Å²) in [6, 6.07) is 12.9. The highest BCUT2D eigenvalue weighted by atomic mass is 16.1. The Labute approximate surface area is 151 Å². The molecule has 0 saturated heterocycles. The van der Waals surface area contributed by atoms with Gasteiger partial charge in [-0.2, -0.15) is 0 Å². The van der Waals surface area contributed by atoms with E-state index in [1.54, 1.807) is 22.8 Å². The molecule has 1 aliphatic rings. The van der Waals surface area contributed by atoms with Crippen LogP contribution in [0.25, 0.3) is 10.9 Å². The van der Waals surface area contributed by atoms with E-state index in [1.807, 2.05) is 24.3 Å². The van der Waals surface area contributed by atoms with E-state index in [2.05, 4.69) is 17.2 Å². The first-order valence-corrected chi connectivity index (χ1v) is 9.09. The highest BCUT2D eigenvalue weighted by molar-refractivity contribution is 6.06. The highest BCUT2D eigenvalue weighted by Gasteiger charge is 2.16. The van der Waals surface area contributed by atoms with Crippen molar-refractivity contribution in [3.63, 3.8) is 0 Å².